The number of benzene rings is 1. The monoisotopic (exact) mass is 341 g/mol. The Hall–Kier alpha value is -0.750. The van der Waals surface area contributed by atoms with Crippen LogP contribution in [0.4, 0.5) is 18.9 Å². The van der Waals surface area contributed by atoms with E-state index in [1.54, 1.807) is 0 Å². The average Bonchev–Trinajstić information content (AvgIpc) is 2.55. The van der Waals surface area contributed by atoms with E-state index in [1.165, 1.54) is 17.0 Å². The van der Waals surface area contributed by atoms with E-state index in [2.05, 4.69) is 15.9 Å². The van der Waals surface area contributed by atoms with Crippen molar-refractivity contribution >= 4 is 39.1 Å². The van der Waals surface area contributed by atoms with Gasteiger partial charge in [-0.1, -0.05) is 15.9 Å². The van der Waals surface area contributed by atoms with Crippen molar-refractivity contribution in [2.45, 2.75) is 18.0 Å². The van der Waals surface area contributed by atoms with Crippen LogP contribution in [0.3, 0.4) is 0 Å². The van der Waals surface area contributed by atoms with Crippen LogP contribution in [0.2, 0.25) is 0 Å². The fourth-order valence-corrected chi connectivity index (χ4v) is 2.68. The molecule has 1 unspecified atom stereocenters. The first kappa shape index (κ1) is 13.7. The quantitative estimate of drug-likeness (QED) is 0.711. The minimum absolute atomic E-state index is 0.0849. The van der Waals surface area contributed by atoms with Crippen molar-refractivity contribution in [2.75, 3.05) is 11.4 Å². The normalized spacial score (nSPS) is 20.6. The van der Waals surface area contributed by atoms with Crippen molar-refractivity contribution < 1.29 is 18.0 Å². The number of nitrogens with zero attached hydrogens (tertiary/aromatic N) is 1. The molecular weight excluding hydrogens is 334 g/mol. The van der Waals surface area contributed by atoms with Crippen molar-refractivity contribution in [1.29, 1.82) is 0 Å². The fraction of sp³-hybridized carbons (Fsp3) is 0.364. The van der Waals surface area contributed by atoms with Gasteiger partial charge in [0, 0.05) is 23.1 Å². The van der Waals surface area contributed by atoms with Gasteiger partial charge in [-0.2, -0.15) is 13.2 Å². The Morgan fingerprint density at radius 2 is 2.06 bits per heavy atom. The molecule has 0 aliphatic carbocycles. The van der Waals surface area contributed by atoms with Gasteiger partial charge < -0.3 is 4.90 Å². The Morgan fingerprint density at radius 1 is 1.39 bits per heavy atom. The SMILES string of the molecule is O=C1CC(Cl)CN1c1ccc(C(F)(F)F)c(Br)c1. The predicted octanol–water partition coefficient (Wildman–Crippen LogP) is 3.81. The van der Waals surface area contributed by atoms with E-state index < -0.39 is 11.7 Å². The lowest BCUT2D eigenvalue weighted by atomic mass is 10.2. The molecular formula is C11H8BrClF3NO. The first-order chi connectivity index (χ1) is 8.29. The van der Waals surface area contributed by atoms with Crippen molar-refractivity contribution in [3.8, 4) is 0 Å². The van der Waals surface area contributed by atoms with Crippen LogP contribution in [0.15, 0.2) is 22.7 Å². The van der Waals surface area contributed by atoms with E-state index in [4.69, 9.17) is 11.6 Å². The summed E-state index contributed by atoms with van der Waals surface area (Å²) in [6, 6.07) is 3.52. The van der Waals surface area contributed by atoms with Crippen LogP contribution in [0.5, 0.6) is 0 Å². The molecule has 0 bridgehead atoms. The topological polar surface area (TPSA) is 20.3 Å². The smallest absolute Gasteiger partial charge is 0.311 e. The molecule has 0 radical (unpaired) electrons. The lowest BCUT2D eigenvalue weighted by Crippen LogP contribution is -2.24. The standard InChI is InChI=1S/C11H8BrClF3NO/c12-9-4-7(1-2-8(9)11(14,15)16)17-5-6(13)3-10(17)18/h1-2,4,6H,3,5H2. The molecule has 1 heterocycles. The molecule has 2 nitrogen and oxygen atoms in total. The van der Waals surface area contributed by atoms with E-state index in [-0.39, 0.29) is 22.2 Å². The fourth-order valence-electron chi connectivity index (χ4n) is 1.82. The first-order valence-electron chi connectivity index (χ1n) is 5.10. The second kappa shape index (κ2) is 4.74. The van der Waals surface area contributed by atoms with Crippen LogP contribution in [0.1, 0.15) is 12.0 Å². The minimum Gasteiger partial charge on any atom is -0.311 e. The van der Waals surface area contributed by atoms with Gasteiger partial charge in [0.15, 0.2) is 0 Å². The summed E-state index contributed by atoms with van der Waals surface area (Å²) in [4.78, 5) is 13.0. The summed E-state index contributed by atoms with van der Waals surface area (Å²) in [6.45, 7) is 0.318. The van der Waals surface area contributed by atoms with Gasteiger partial charge in [-0.3, -0.25) is 4.79 Å². The Bertz CT molecular complexity index is 492. The maximum Gasteiger partial charge on any atom is 0.417 e. The number of hydrogen-bond acceptors (Lipinski definition) is 1. The van der Waals surface area contributed by atoms with Gasteiger partial charge in [0.1, 0.15) is 0 Å². The molecule has 1 atom stereocenters. The summed E-state index contributed by atoms with van der Waals surface area (Å²) >= 11 is 8.72. The summed E-state index contributed by atoms with van der Waals surface area (Å²) < 4.78 is 37.6. The van der Waals surface area contributed by atoms with Gasteiger partial charge in [0.25, 0.3) is 0 Å². The van der Waals surface area contributed by atoms with Crippen molar-refractivity contribution in [3.63, 3.8) is 0 Å². The molecule has 0 spiro atoms. The summed E-state index contributed by atoms with van der Waals surface area (Å²) in [5, 5.41) is -0.293. The van der Waals surface area contributed by atoms with Crippen LogP contribution in [0.25, 0.3) is 0 Å². The molecule has 0 aromatic heterocycles. The van der Waals surface area contributed by atoms with Crippen molar-refractivity contribution in [3.05, 3.63) is 28.2 Å². The zero-order chi connectivity index (χ0) is 13.5. The zero-order valence-corrected chi connectivity index (χ0v) is 11.3. The van der Waals surface area contributed by atoms with Crippen LogP contribution < -0.4 is 4.90 Å². The molecule has 1 saturated heterocycles. The number of rotatable bonds is 1. The van der Waals surface area contributed by atoms with Crippen LogP contribution >= 0.6 is 27.5 Å². The Labute approximate surface area is 115 Å². The van der Waals surface area contributed by atoms with Gasteiger partial charge in [0.2, 0.25) is 5.91 Å². The first-order valence-corrected chi connectivity index (χ1v) is 6.33. The highest BCUT2D eigenvalue weighted by atomic mass is 79.9. The van der Waals surface area contributed by atoms with E-state index in [0.29, 0.717) is 12.2 Å². The minimum atomic E-state index is -4.42. The van der Waals surface area contributed by atoms with E-state index >= 15 is 0 Å². The molecule has 0 N–H and O–H groups in total. The molecule has 1 aliphatic heterocycles. The number of carbonyl (C=O) groups is 1. The lowest BCUT2D eigenvalue weighted by molar-refractivity contribution is -0.138. The molecule has 98 valence electrons. The van der Waals surface area contributed by atoms with Crippen LogP contribution in [0, 0.1) is 0 Å². The highest BCUT2D eigenvalue weighted by Gasteiger charge is 2.34. The second-order valence-electron chi connectivity index (χ2n) is 3.97. The molecule has 1 aromatic carbocycles. The third-order valence-corrected chi connectivity index (χ3v) is 3.60. The number of carbonyl (C=O) groups excluding carboxylic acids is 1. The van der Waals surface area contributed by atoms with Gasteiger partial charge >= 0.3 is 6.18 Å². The molecule has 1 amide bonds. The van der Waals surface area contributed by atoms with Crippen LogP contribution in [-0.4, -0.2) is 17.8 Å². The molecule has 18 heavy (non-hydrogen) atoms. The number of hydrogen-bond donors (Lipinski definition) is 0. The van der Waals surface area contributed by atoms with E-state index in [0.717, 1.165) is 6.07 Å². The largest absolute Gasteiger partial charge is 0.417 e. The molecule has 2 rings (SSSR count). The second-order valence-corrected chi connectivity index (χ2v) is 5.44. The molecule has 1 aromatic rings. The lowest BCUT2D eigenvalue weighted by Gasteiger charge is -2.18. The summed E-state index contributed by atoms with van der Waals surface area (Å²) in [6.07, 6.45) is -4.21. The van der Waals surface area contributed by atoms with Crippen LogP contribution in [-0.2, 0) is 11.0 Å². The number of amides is 1. The van der Waals surface area contributed by atoms with Crippen molar-refractivity contribution in [1.82, 2.24) is 0 Å². The van der Waals surface area contributed by atoms with Gasteiger partial charge in [0.05, 0.1) is 10.9 Å². The van der Waals surface area contributed by atoms with Gasteiger partial charge in [-0.05, 0) is 18.2 Å². The number of anilines is 1. The Kier molecular flexibility index (Phi) is 3.60. The van der Waals surface area contributed by atoms with Gasteiger partial charge in [-0.25, -0.2) is 0 Å². The summed E-state index contributed by atoms with van der Waals surface area (Å²) in [7, 11) is 0. The maximum atomic E-state index is 12.6. The summed E-state index contributed by atoms with van der Waals surface area (Å²) in [5.74, 6) is -0.179. The van der Waals surface area contributed by atoms with Gasteiger partial charge in [-0.15, -0.1) is 11.6 Å². The number of halogens is 5. The zero-order valence-electron chi connectivity index (χ0n) is 8.97. The average molecular weight is 343 g/mol. The Morgan fingerprint density at radius 3 is 2.50 bits per heavy atom. The van der Waals surface area contributed by atoms with E-state index in [1.807, 2.05) is 0 Å². The summed E-state index contributed by atoms with van der Waals surface area (Å²) in [5.41, 5.74) is -0.344. The molecule has 0 saturated carbocycles. The predicted molar refractivity (Wildman–Crippen MR) is 65.8 cm³/mol. The van der Waals surface area contributed by atoms with Crippen molar-refractivity contribution in [2.24, 2.45) is 0 Å². The highest BCUT2D eigenvalue weighted by Crippen LogP contribution is 2.37. The third kappa shape index (κ3) is 2.64. The van der Waals surface area contributed by atoms with E-state index in [9.17, 15) is 18.0 Å². The molecule has 1 fully saturated rings. The molecule has 7 heteroatoms. The Balaban J connectivity index is 2.32. The highest BCUT2D eigenvalue weighted by molar-refractivity contribution is 9.10. The maximum absolute atomic E-state index is 12.6. The molecule has 1 aliphatic rings. The number of alkyl halides is 4. The third-order valence-electron chi connectivity index (χ3n) is 2.65.